The predicted molar refractivity (Wildman–Crippen MR) is 152 cm³/mol. The van der Waals surface area contributed by atoms with Crippen molar-refractivity contribution in [1.82, 2.24) is 20.2 Å². The summed E-state index contributed by atoms with van der Waals surface area (Å²) >= 11 is 5.67. The number of aryl methyl sites for hydroxylation is 1. The zero-order chi connectivity index (χ0) is 26.2. The number of carbonyl (C=O) groups is 1. The molecule has 1 aromatic heterocycles. The number of aliphatic hydroxyl groups excluding tert-OH is 1. The van der Waals surface area contributed by atoms with Gasteiger partial charge in [-0.25, -0.2) is 9.97 Å². The van der Waals surface area contributed by atoms with Crippen LogP contribution in [0.25, 0.3) is 0 Å². The fraction of sp³-hybridized carbons (Fsp3) is 0.593. The number of nitrogens with zero attached hydrogens (tertiary/aromatic N) is 4. The van der Waals surface area contributed by atoms with Gasteiger partial charge in [-0.3, -0.25) is 4.79 Å². The number of aliphatic hydroxyl groups is 1. The summed E-state index contributed by atoms with van der Waals surface area (Å²) in [7, 11) is 1.88. The number of piperazine rings is 1. The maximum Gasteiger partial charge on any atom is 0.209 e. The Morgan fingerprint density at radius 3 is 2.25 bits per heavy atom. The number of benzene rings is 1. The molecule has 1 unspecified atom stereocenters. The van der Waals surface area contributed by atoms with Crippen molar-refractivity contribution >= 4 is 23.8 Å². The summed E-state index contributed by atoms with van der Waals surface area (Å²) in [6.45, 7) is 12.9. The van der Waals surface area contributed by atoms with Crippen molar-refractivity contribution in [3.05, 3.63) is 52.4 Å². The highest BCUT2D eigenvalue weighted by molar-refractivity contribution is 6.30. The number of nitrogens with one attached hydrogen (secondary N) is 1. The minimum Gasteiger partial charge on any atom is -0.387 e. The average Bonchev–Trinajstić information content (AvgIpc) is 3.20. The third-order valence-corrected chi connectivity index (χ3v) is 6.01. The van der Waals surface area contributed by atoms with Gasteiger partial charge in [-0.2, -0.15) is 0 Å². The molecule has 8 nitrogen and oxygen atoms in total. The van der Waals surface area contributed by atoms with Gasteiger partial charge >= 0.3 is 0 Å². The molecule has 4 rings (SSSR count). The highest BCUT2D eigenvalue weighted by Gasteiger charge is 2.33. The van der Waals surface area contributed by atoms with E-state index in [1.807, 2.05) is 45.2 Å². The van der Waals surface area contributed by atoms with E-state index in [0.29, 0.717) is 0 Å². The van der Waals surface area contributed by atoms with E-state index in [9.17, 15) is 9.90 Å². The minimum absolute atomic E-state index is 0. The molecule has 2 atom stereocenters. The Hall–Kier alpha value is -2.26. The van der Waals surface area contributed by atoms with E-state index in [1.165, 1.54) is 11.9 Å². The SMILES string of the molecule is C.CC.CCc1ccc(Cl)cc1.CNCCN.C[C@@H]1CC(O)c2ncnc(N3CCN(C=O)CC3)c21. The van der Waals surface area contributed by atoms with Crippen molar-refractivity contribution in [2.75, 3.05) is 51.2 Å². The fourth-order valence-corrected chi connectivity index (χ4v) is 3.98. The van der Waals surface area contributed by atoms with Crippen LogP contribution < -0.4 is 16.0 Å². The molecule has 36 heavy (non-hydrogen) atoms. The molecule has 0 saturated carbocycles. The van der Waals surface area contributed by atoms with Crippen LogP contribution in [0.2, 0.25) is 5.02 Å². The van der Waals surface area contributed by atoms with Crippen LogP contribution in [0.1, 0.15) is 70.4 Å². The van der Waals surface area contributed by atoms with E-state index in [1.54, 1.807) is 4.90 Å². The van der Waals surface area contributed by atoms with Crippen LogP contribution in [0.4, 0.5) is 5.82 Å². The summed E-state index contributed by atoms with van der Waals surface area (Å²) in [5, 5.41) is 13.7. The molecule has 1 fully saturated rings. The number of hydrogen-bond acceptors (Lipinski definition) is 7. The fourth-order valence-electron chi connectivity index (χ4n) is 3.86. The molecule has 204 valence electrons. The summed E-state index contributed by atoms with van der Waals surface area (Å²) in [6, 6.07) is 7.92. The first-order chi connectivity index (χ1) is 16.9. The quantitative estimate of drug-likeness (QED) is 0.509. The number of likely N-dealkylation sites (N-methyl/N-ethyl adjacent to an activating group) is 1. The third-order valence-electron chi connectivity index (χ3n) is 5.76. The standard InChI is InChI=1S/C13H18N4O2.C8H9Cl.C3H10N2.C2H6.CH4/c1-9-6-10(19)12-11(9)13(15-7-14-12)17-4-2-16(8-18)3-5-17;1-2-7-3-5-8(9)6-4-7;1-5-3-2-4;1-2;/h7-10,19H,2-6H2,1H3;3-6H,2H2,1H3;5H,2-4H2,1H3;1-2H3;1H4/t9-,10?;;;;/m1..../s1. The second-order valence-electron chi connectivity index (χ2n) is 8.15. The van der Waals surface area contributed by atoms with Crippen LogP contribution in [0.15, 0.2) is 30.6 Å². The molecule has 1 aliphatic heterocycles. The number of nitrogens with two attached hydrogens (primary N) is 1. The maximum absolute atomic E-state index is 10.7. The zero-order valence-electron chi connectivity index (χ0n) is 21.9. The Morgan fingerprint density at radius 2 is 1.78 bits per heavy atom. The molecule has 2 heterocycles. The molecule has 0 bridgehead atoms. The van der Waals surface area contributed by atoms with Gasteiger partial charge < -0.3 is 26.0 Å². The van der Waals surface area contributed by atoms with Crippen molar-refractivity contribution in [1.29, 1.82) is 0 Å². The van der Waals surface area contributed by atoms with Gasteiger partial charge in [-0.1, -0.05) is 58.9 Å². The first-order valence-corrected chi connectivity index (χ1v) is 12.9. The molecular formula is C27H47ClN6O2. The van der Waals surface area contributed by atoms with Gasteiger partial charge in [0.25, 0.3) is 0 Å². The second kappa shape index (κ2) is 18.9. The number of carbonyl (C=O) groups excluding carboxylic acids is 1. The highest BCUT2D eigenvalue weighted by atomic mass is 35.5. The largest absolute Gasteiger partial charge is 0.387 e. The topological polar surface area (TPSA) is 108 Å². The Morgan fingerprint density at radius 1 is 1.17 bits per heavy atom. The Balaban J connectivity index is 0.000000604. The lowest BCUT2D eigenvalue weighted by Gasteiger charge is -2.34. The van der Waals surface area contributed by atoms with Crippen LogP contribution in [-0.4, -0.2) is 72.7 Å². The molecule has 4 N–H and O–H groups in total. The molecular weight excluding hydrogens is 476 g/mol. The summed E-state index contributed by atoms with van der Waals surface area (Å²) in [5.74, 6) is 1.21. The van der Waals surface area contributed by atoms with Crippen LogP contribution >= 0.6 is 11.6 Å². The summed E-state index contributed by atoms with van der Waals surface area (Å²) < 4.78 is 0. The first-order valence-electron chi connectivity index (χ1n) is 12.5. The molecule has 1 amide bonds. The van der Waals surface area contributed by atoms with E-state index in [2.05, 4.69) is 34.0 Å². The smallest absolute Gasteiger partial charge is 0.209 e. The number of amides is 1. The van der Waals surface area contributed by atoms with E-state index in [-0.39, 0.29) is 13.3 Å². The average molecular weight is 523 g/mol. The minimum atomic E-state index is -0.469. The van der Waals surface area contributed by atoms with Crippen LogP contribution in [0, 0.1) is 0 Å². The third kappa shape index (κ3) is 10.4. The van der Waals surface area contributed by atoms with Crippen LogP contribution in [0.3, 0.4) is 0 Å². The number of anilines is 1. The molecule has 9 heteroatoms. The van der Waals surface area contributed by atoms with Crippen molar-refractivity contribution in [2.24, 2.45) is 5.73 Å². The Bertz CT molecular complexity index is 843. The molecule has 1 aromatic carbocycles. The normalized spacial score (nSPS) is 17.7. The first kappa shape index (κ1) is 33.7. The van der Waals surface area contributed by atoms with Gasteiger partial charge in [0.15, 0.2) is 0 Å². The summed E-state index contributed by atoms with van der Waals surface area (Å²) in [5.41, 5.74) is 8.26. The lowest BCUT2D eigenvalue weighted by Crippen LogP contribution is -2.46. The molecule has 0 radical (unpaired) electrons. The number of rotatable bonds is 5. The Labute approximate surface area is 223 Å². The van der Waals surface area contributed by atoms with Crippen LogP contribution in [-0.2, 0) is 11.2 Å². The van der Waals surface area contributed by atoms with Crippen molar-refractivity contribution in [3.63, 3.8) is 0 Å². The molecule has 2 aromatic rings. The van der Waals surface area contributed by atoms with Gasteiger partial charge in [0.2, 0.25) is 6.41 Å². The van der Waals surface area contributed by atoms with Crippen LogP contribution in [0.5, 0.6) is 0 Å². The number of halogens is 1. The van der Waals surface area contributed by atoms with Crippen molar-refractivity contribution < 1.29 is 9.90 Å². The number of aromatic nitrogens is 2. The lowest BCUT2D eigenvalue weighted by molar-refractivity contribution is -0.118. The molecule has 0 spiro atoms. The number of hydrogen-bond donors (Lipinski definition) is 3. The predicted octanol–water partition coefficient (Wildman–Crippen LogP) is 4.02. The van der Waals surface area contributed by atoms with E-state index in [4.69, 9.17) is 17.3 Å². The van der Waals surface area contributed by atoms with Gasteiger partial charge in [0.1, 0.15) is 12.1 Å². The Kier molecular flexibility index (Phi) is 17.7. The number of fused-ring (bicyclic) bond motifs is 1. The lowest BCUT2D eigenvalue weighted by atomic mass is 10.1. The van der Waals surface area contributed by atoms with E-state index >= 15 is 0 Å². The zero-order valence-corrected chi connectivity index (χ0v) is 22.6. The van der Waals surface area contributed by atoms with Crippen molar-refractivity contribution in [3.8, 4) is 0 Å². The summed E-state index contributed by atoms with van der Waals surface area (Å²) in [4.78, 5) is 23.3. The second-order valence-corrected chi connectivity index (χ2v) is 8.59. The monoisotopic (exact) mass is 522 g/mol. The van der Waals surface area contributed by atoms with E-state index in [0.717, 1.165) is 80.6 Å². The molecule has 1 aliphatic carbocycles. The van der Waals surface area contributed by atoms with Gasteiger partial charge in [0.05, 0.1) is 11.8 Å². The van der Waals surface area contributed by atoms with Crippen molar-refractivity contribution in [2.45, 2.75) is 60.0 Å². The summed E-state index contributed by atoms with van der Waals surface area (Å²) in [6.07, 6.45) is 3.75. The molecule has 1 saturated heterocycles. The van der Waals surface area contributed by atoms with Gasteiger partial charge in [-0.05, 0) is 43.5 Å². The molecule has 2 aliphatic rings. The maximum atomic E-state index is 10.7. The van der Waals surface area contributed by atoms with E-state index < -0.39 is 6.10 Å². The highest BCUT2D eigenvalue weighted by Crippen LogP contribution is 2.42. The van der Waals surface area contributed by atoms with Gasteiger partial charge in [0, 0.05) is 49.9 Å². The van der Waals surface area contributed by atoms with Gasteiger partial charge in [-0.15, -0.1) is 0 Å².